The van der Waals surface area contributed by atoms with Crippen molar-refractivity contribution in [2.24, 2.45) is 0 Å². The highest BCUT2D eigenvalue weighted by atomic mass is 16.5. The molecule has 0 spiro atoms. The SMILES string of the molecule is O=C(NC1CN[C@H](C(=O)N2CCOCC2)C1)OCC1c2ccccc2-c2ccccc21. The predicted octanol–water partition coefficient (Wildman–Crippen LogP) is 2.11. The molecule has 162 valence electrons. The molecule has 0 aromatic heterocycles. The number of benzene rings is 2. The number of ether oxygens (including phenoxy) is 2. The molecule has 31 heavy (non-hydrogen) atoms. The Morgan fingerprint density at radius 1 is 1.03 bits per heavy atom. The zero-order valence-electron chi connectivity index (χ0n) is 17.4. The number of rotatable bonds is 4. The molecule has 2 aromatic carbocycles. The van der Waals surface area contributed by atoms with E-state index >= 15 is 0 Å². The van der Waals surface area contributed by atoms with Gasteiger partial charge >= 0.3 is 6.09 Å². The molecule has 2 saturated heterocycles. The van der Waals surface area contributed by atoms with Crippen LogP contribution in [0.1, 0.15) is 23.5 Å². The van der Waals surface area contributed by atoms with E-state index < -0.39 is 6.09 Å². The second-order valence-corrected chi connectivity index (χ2v) is 8.30. The number of nitrogens with zero attached hydrogens (tertiary/aromatic N) is 1. The number of nitrogens with one attached hydrogen (secondary N) is 2. The second-order valence-electron chi connectivity index (χ2n) is 8.30. The molecule has 7 heteroatoms. The number of morpholine rings is 1. The first-order valence-electron chi connectivity index (χ1n) is 10.9. The number of fused-ring (bicyclic) bond motifs is 3. The highest BCUT2D eigenvalue weighted by Gasteiger charge is 2.34. The van der Waals surface area contributed by atoms with E-state index in [2.05, 4.69) is 34.9 Å². The fourth-order valence-electron chi connectivity index (χ4n) is 4.84. The molecule has 2 aliphatic heterocycles. The lowest BCUT2D eigenvalue weighted by atomic mass is 9.98. The van der Waals surface area contributed by atoms with Crippen LogP contribution in [0.3, 0.4) is 0 Å². The topological polar surface area (TPSA) is 79.9 Å². The van der Waals surface area contributed by atoms with Crippen molar-refractivity contribution in [1.82, 2.24) is 15.5 Å². The van der Waals surface area contributed by atoms with Crippen molar-refractivity contribution in [3.8, 4) is 11.1 Å². The minimum Gasteiger partial charge on any atom is -0.449 e. The summed E-state index contributed by atoms with van der Waals surface area (Å²) in [6.07, 6.45) is 0.133. The van der Waals surface area contributed by atoms with E-state index in [1.54, 1.807) is 0 Å². The molecular formula is C24H27N3O4. The Morgan fingerprint density at radius 3 is 2.35 bits per heavy atom. The van der Waals surface area contributed by atoms with E-state index in [1.807, 2.05) is 29.2 Å². The Balaban J connectivity index is 1.16. The maximum absolute atomic E-state index is 12.6. The number of hydrogen-bond acceptors (Lipinski definition) is 5. The van der Waals surface area contributed by atoms with Crippen molar-refractivity contribution in [1.29, 1.82) is 0 Å². The summed E-state index contributed by atoms with van der Waals surface area (Å²) in [6.45, 7) is 3.27. The van der Waals surface area contributed by atoms with Gasteiger partial charge in [0.1, 0.15) is 6.61 Å². The van der Waals surface area contributed by atoms with Gasteiger partial charge in [-0.15, -0.1) is 0 Å². The summed E-state index contributed by atoms with van der Waals surface area (Å²) in [7, 11) is 0. The number of alkyl carbamates (subject to hydrolysis) is 1. The van der Waals surface area contributed by atoms with Crippen molar-refractivity contribution in [3.05, 3.63) is 59.7 Å². The number of hydrogen-bond donors (Lipinski definition) is 2. The van der Waals surface area contributed by atoms with Gasteiger partial charge in [-0.25, -0.2) is 4.79 Å². The van der Waals surface area contributed by atoms with Crippen LogP contribution >= 0.6 is 0 Å². The van der Waals surface area contributed by atoms with E-state index in [-0.39, 0.29) is 30.5 Å². The zero-order valence-corrected chi connectivity index (χ0v) is 17.4. The summed E-state index contributed by atoms with van der Waals surface area (Å²) >= 11 is 0. The smallest absolute Gasteiger partial charge is 0.407 e. The average molecular weight is 421 g/mol. The Hall–Kier alpha value is -2.90. The quantitative estimate of drug-likeness (QED) is 0.791. The van der Waals surface area contributed by atoms with E-state index in [4.69, 9.17) is 9.47 Å². The van der Waals surface area contributed by atoms with E-state index in [9.17, 15) is 9.59 Å². The van der Waals surface area contributed by atoms with Gasteiger partial charge in [-0.1, -0.05) is 48.5 Å². The first-order valence-corrected chi connectivity index (χ1v) is 10.9. The largest absolute Gasteiger partial charge is 0.449 e. The summed E-state index contributed by atoms with van der Waals surface area (Å²) in [6, 6.07) is 16.2. The van der Waals surface area contributed by atoms with E-state index in [1.165, 1.54) is 22.3 Å². The van der Waals surface area contributed by atoms with Crippen molar-refractivity contribution < 1.29 is 19.1 Å². The van der Waals surface area contributed by atoms with Gasteiger partial charge in [0.25, 0.3) is 0 Å². The van der Waals surface area contributed by atoms with E-state index in [0.29, 0.717) is 39.3 Å². The van der Waals surface area contributed by atoms with Crippen LogP contribution in [-0.4, -0.2) is 68.4 Å². The van der Waals surface area contributed by atoms with Crippen molar-refractivity contribution >= 4 is 12.0 Å². The molecule has 2 atom stereocenters. The third kappa shape index (κ3) is 4.03. The van der Waals surface area contributed by atoms with Gasteiger partial charge < -0.3 is 25.0 Å². The van der Waals surface area contributed by atoms with Crippen LogP contribution in [-0.2, 0) is 14.3 Å². The summed E-state index contributed by atoms with van der Waals surface area (Å²) < 4.78 is 10.9. The van der Waals surface area contributed by atoms with Gasteiger partial charge in [0.2, 0.25) is 5.91 Å². The van der Waals surface area contributed by atoms with Gasteiger partial charge in [-0.05, 0) is 28.7 Å². The molecule has 0 radical (unpaired) electrons. The Morgan fingerprint density at radius 2 is 1.68 bits per heavy atom. The molecular weight excluding hydrogens is 394 g/mol. The fourth-order valence-corrected chi connectivity index (χ4v) is 4.84. The molecule has 2 fully saturated rings. The lowest BCUT2D eigenvalue weighted by Crippen LogP contribution is -2.48. The molecule has 7 nitrogen and oxygen atoms in total. The standard InChI is InChI=1S/C24H27N3O4/c28-23(27-9-11-30-12-10-27)22-13-16(14-25-22)26-24(29)31-15-21-19-7-3-1-5-17(19)18-6-2-4-8-20(18)21/h1-8,16,21-22,25H,9-15H2,(H,26,29)/t16?,22-/m0/s1. The number of amides is 2. The summed E-state index contributed by atoms with van der Waals surface area (Å²) in [5.41, 5.74) is 4.79. The van der Waals surface area contributed by atoms with Crippen LogP contribution in [0.25, 0.3) is 11.1 Å². The molecule has 5 rings (SSSR count). The third-order valence-electron chi connectivity index (χ3n) is 6.42. The maximum Gasteiger partial charge on any atom is 0.407 e. The normalized spacial score (nSPS) is 22.6. The first kappa shape index (κ1) is 20.0. The lowest BCUT2D eigenvalue weighted by Gasteiger charge is -2.29. The molecule has 1 aliphatic carbocycles. The van der Waals surface area contributed by atoms with Gasteiger partial charge in [0.05, 0.1) is 19.3 Å². The Kier molecular flexibility index (Phi) is 5.61. The molecule has 2 heterocycles. The minimum atomic E-state index is -0.437. The zero-order chi connectivity index (χ0) is 21.2. The second kappa shape index (κ2) is 8.69. The average Bonchev–Trinajstić information content (AvgIpc) is 3.40. The fraction of sp³-hybridized carbons (Fsp3) is 0.417. The van der Waals surface area contributed by atoms with Gasteiger partial charge in [0, 0.05) is 31.6 Å². The molecule has 3 aliphatic rings. The van der Waals surface area contributed by atoms with E-state index in [0.717, 1.165) is 0 Å². The molecule has 2 N–H and O–H groups in total. The van der Waals surface area contributed by atoms with Crippen LogP contribution in [0.15, 0.2) is 48.5 Å². The lowest BCUT2D eigenvalue weighted by molar-refractivity contribution is -0.137. The van der Waals surface area contributed by atoms with Crippen molar-refractivity contribution in [3.63, 3.8) is 0 Å². The van der Waals surface area contributed by atoms with Gasteiger partial charge in [-0.2, -0.15) is 0 Å². The van der Waals surface area contributed by atoms with Crippen molar-refractivity contribution in [2.75, 3.05) is 39.5 Å². The molecule has 1 unspecified atom stereocenters. The summed E-state index contributed by atoms with van der Waals surface area (Å²) in [5.74, 6) is 0.121. The highest BCUT2D eigenvalue weighted by Crippen LogP contribution is 2.44. The van der Waals surface area contributed by atoms with Crippen molar-refractivity contribution in [2.45, 2.75) is 24.4 Å². The maximum atomic E-state index is 12.6. The molecule has 0 bridgehead atoms. The van der Waals surface area contributed by atoms with Gasteiger partial charge in [0.15, 0.2) is 0 Å². The molecule has 2 amide bonds. The monoisotopic (exact) mass is 421 g/mol. The first-order chi connectivity index (χ1) is 15.2. The van der Waals surface area contributed by atoms with Crippen LogP contribution in [0.4, 0.5) is 4.79 Å². The predicted molar refractivity (Wildman–Crippen MR) is 116 cm³/mol. The highest BCUT2D eigenvalue weighted by molar-refractivity contribution is 5.83. The third-order valence-corrected chi connectivity index (χ3v) is 6.42. The van der Waals surface area contributed by atoms with Crippen LogP contribution in [0.2, 0.25) is 0 Å². The number of carbonyl (C=O) groups excluding carboxylic acids is 2. The Labute approximate surface area is 181 Å². The summed E-state index contributed by atoms with van der Waals surface area (Å²) in [5, 5.41) is 6.15. The van der Waals surface area contributed by atoms with Gasteiger partial charge in [-0.3, -0.25) is 4.79 Å². The van der Waals surface area contributed by atoms with Crippen LogP contribution in [0, 0.1) is 0 Å². The summed E-state index contributed by atoms with van der Waals surface area (Å²) in [4.78, 5) is 26.9. The Bertz CT molecular complexity index is 927. The van der Waals surface area contributed by atoms with Crippen LogP contribution in [0.5, 0.6) is 0 Å². The molecule has 0 saturated carbocycles. The van der Waals surface area contributed by atoms with Crippen LogP contribution < -0.4 is 10.6 Å². The number of carbonyl (C=O) groups is 2. The molecule has 2 aromatic rings. The minimum absolute atomic E-state index is 0.0375.